The highest BCUT2D eigenvalue weighted by Crippen LogP contribution is 2.34. The molecule has 0 aliphatic heterocycles. The van der Waals surface area contributed by atoms with Crippen molar-refractivity contribution in [3.8, 4) is 0 Å². The lowest BCUT2D eigenvalue weighted by molar-refractivity contribution is 0.536. The molecule has 21 heavy (non-hydrogen) atoms. The second-order valence-corrected chi connectivity index (χ2v) is 5.98. The summed E-state index contributed by atoms with van der Waals surface area (Å²) in [6, 6.07) is 4.89. The fourth-order valence-electron chi connectivity index (χ4n) is 2.97. The molecule has 0 aliphatic rings. The second-order valence-electron chi connectivity index (χ2n) is 5.98. The predicted molar refractivity (Wildman–Crippen MR) is 95.7 cm³/mol. The Labute approximate surface area is 130 Å². The molecule has 2 nitrogen and oxygen atoms in total. The number of nitrogens with one attached hydrogen (secondary N) is 1. The van der Waals surface area contributed by atoms with Crippen LogP contribution in [0.2, 0.25) is 0 Å². The van der Waals surface area contributed by atoms with E-state index in [2.05, 4.69) is 77.0 Å². The van der Waals surface area contributed by atoms with Crippen molar-refractivity contribution in [2.24, 2.45) is 0 Å². The van der Waals surface area contributed by atoms with Gasteiger partial charge in [0, 0.05) is 17.3 Å². The summed E-state index contributed by atoms with van der Waals surface area (Å²) in [6.45, 7) is 21.2. The maximum Gasteiger partial charge on any atom is 0.0959 e. The van der Waals surface area contributed by atoms with Crippen LogP contribution in [0.4, 0.5) is 5.69 Å². The van der Waals surface area contributed by atoms with Gasteiger partial charge in [0.2, 0.25) is 0 Å². The lowest BCUT2D eigenvalue weighted by Gasteiger charge is -2.37. The maximum absolute atomic E-state index is 4.27. The van der Waals surface area contributed by atoms with Crippen LogP contribution in [0.5, 0.6) is 0 Å². The van der Waals surface area contributed by atoms with Gasteiger partial charge in [0.05, 0.1) is 6.17 Å². The van der Waals surface area contributed by atoms with E-state index < -0.39 is 0 Å². The highest BCUT2D eigenvalue weighted by atomic mass is 15.3. The zero-order valence-corrected chi connectivity index (χ0v) is 14.5. The summed E-state index contributed by atoms with van der Waals surface area (Å²) >= 11 is 0. The van der Waals surface area contributed by atoms with Gasteiger partial charge >= 0.3 is 0 Å². The largest absolute Gasteiger partial charge is 0.372 e. The van der Waals surface area contributed by atoms with Crippen LogP contribution in [0, 0.1) is 13.8 Å². The number of hydrogen-bond acceptors (Lipinski definition) is 2. The molecule has 0 saturated heterocycles. The Bertz CT molecular complexity index is 515. The van der Waals surface area contributed by atoms with Crippen molar-refractivity contribution in [2.75, 3.05) is 4.90 Å². The Morgan fingerprint density at radius 1 is 1.29 bits per heavy atom. The lowest BCUT2D eigenvalue weighted by atomic mass is 9.94. The first kappa shape index (κ1) is 17.4. The topological polar surface area (TPSA) is 15.3 Å². The van der Waals surface area contributed by atoms with E-state index in [0.29, 0.717) is 6.04 Å². The monoisotopic (exact) mass is 286 g/mol. The average molecular weight is 286 g/mol. The number of nitrogens with zero attached hydrogens (tertiary/aromatic N) is 1. The molecular formula is C19H30N2. The zero-order valence-electron chi connectivity index (χ0n) is 14.5. The summed E-state index contributed by atoms with van der Waals surface area (Å²) in [5.74, 6) is 0. The molecule has 0 saturated carbocycles. The molecular weight excluding hydrogens is 256 g/mol. The third-order valence-corrected chi connectivity index (χ3v) is 3.85. The molecule has 0 aromatic heterocycles. The van der Waals surface area contributed by atoms with E-state index in [0.717, 1.165) is 6.42 Å². The standard InChI is InChI=1S/C19H30N2/c1-9-15(6)19-16(7)11-14(5)12-18(19)21(13(3)4)17(8)20-10-2/h10-13,17,20H,2,6,9H2,1,3-5,7-8H3. The maximum atomic E-state index is 4.27. The minimum atomic E-state index is 0.187. The summed E-state index contributed by atoms with van der Waals surface area (Å²) in [5, 5.41) is 3.31. The number of anilines is 1. The van der Waals surface area contributed by atoms with Crippen LogP contribution in [-0.2, 0) is 0 Å². The Kier molecular flexibility index (Phi) is 6.07. The van der Waals surface area contributed by atoms with Gasteiger partial charge in [0.1, 0.15) is 0 Å². The van der Waals surface area contributed by atoms with E-state index in [1.165, 1.54) is 28.0 Å². The van der Waals surface area contributed by atoms with E-state index >= 15 is 0 Å². The van der Waals surface area contributed by atoms with Crippen LogP contribution in [0.15, 0.2) is 31.5 Å². The molecule has 0 fully saturated rings. The Morgan fingerprint density at radius 2 is 1.90 bits per heavy atom. The van der Waals surface area contributed by atoms with Crippen LogP contribution < -0.4 is 10.2 Å². The van der Waals surface area contributed by atoms with Crippen LogP contribution in [-0.4, -0.2) is 12.2 Å². The number of hydrogen-bond donors (Lipinski definition) is 1. The van der Waals surface area contributed by atoms with E-state index in [1.54, 1.807) is 6.20 Å². The number of allylic oxidation sites excluding steroid dienone is 1. The molecule has 0 aliphatic carbocycles. The minimum absolute atomic E-state index is 0.187. The lowest BCUT2D eigenvalue weighted by Crippen LogP contribution is -2.46. The van der Waals surface area contributed by atoms with Crippen LogP contribution in [0.3, 0.4) is 0 Å². The highest BCUT2D eigenvalue weighted by Gasteiger charge is 2.21. The SMILES string of the molecule is C=CNC(C)N(c1cc(C)cc(C)c1C(=C)CC)C(C)C. The van der Waals surface area contributed by atoms with Crippen molar-refractivity contribution >= 4 is 11.3 Å². The molecule has 0 radical (unpaired) electrons. The number of benzene rings is 1. The van der Waals surface area contributed by atoms with Gasteiger partial charge in [-0.05, 0) is 70.0 Å². The quantitative estimate of drug-likeness (QED) is 0.708. The predicted octanol–water partition coefficient (Wildman–Crippen LogP) is 5.02. The van der Waals surface area contributed by atoms with Crippen molar-refractivity contribution in [3.63, 3.8) is 0 Å². The molecule has 0 spiro atoms. The minimum Gasteiger partial charge on any atom is -0.372 e. The van der Waals surface area contributed by atoms with E-state index in [4.69, 9.17) is 0 Å². The van der Waals surface area contributed by atoms with Gasteiger partial charge in [0.15, 0.2) is 0 Å². The third-order valence-electron chi connectivity index (χ3n) is 3.85. The Balaban J connectivity index is 3.48. The fraction of sp³-hybridized carbons (Fsp3) is 0.474. The highest BCUT2D eigenvalue weighted by molar-refractivity contribution is 5.79. The zero-order chi connectivity index (χ0) is 16.2. The van der Waals surface area contributed by atoms with E-state index in [1.807, 2.05) is 0 Å². The van der Waals surface area contributed by atoms with Crippen LogP contribution in [0.25, 0.3) is 5.57 Å². The van der Waals surface area contributed by atoms with Crippen LogP contribution >= 0.6 is 0 Å². The summed E-state index contributed by atoms with van der Waals surface area (Å²) in [7, 11) is 0. The average Bonchev–Trinajstić information content (AvgIpc) is 2.37. The van der Waals surface area contributed by atoms with Gasteiger partial charge in [-0.25, -0.2) is 0 Å². The molecule has 1 N–H and O–H groups in total. The molecule has 0 bridgehead atoms. The fourth-order valence-corrected chi connectivity index (χ4v) is 2.97. The van der Waals surface area contributed by atoms with Gasteiger partial charge in [-0.1, -0.05) is 26.1 Å². The first-order chi connectivity index (χ1) is 9.83. The summed E-state index contributed by atoms with van der Waals surface area (Å²) in [5.41, 5.74) is 6.32. The van der Waals surface area contributed by atoms with Crippen molar-refractivity contribution in [1.82, 2.24) is 5.32 Å². The first-order valence-electron chi connectivity index (χ1n) is 7.78. The van der Waals surface area contributed by atoms with Crippen molar-refractivity contribution in [2.45, 2.75) is 60.2 Å². The molecule has 1 rings (SSSR count). The molecule has 1 aromatic carbocycles. The Morgan fingerprint density at radius 3 is 2.38 bits per heavy atom. The van der Waals surface area contributed by atoms with Crippen molar-refractivity contribution in [3.05, 3.63) is 48.2 Å². The molecule has 2 heteroatoms. The molecule has 0 heterocycles. The summed E-state index contributed by atoms with van der Waals surface area (Å²) < 4.78 is 0. The van der Waals surface area contributed by atoms with E-state index in [9.17, 15) is 0 Å². The normalized spacial score (nSPS) is 12.1. The van der Waals surface area contributed by atoms with Crippen LogP contribution in [0.1, 0.15) is 50.8 Å². The smallest absolute Gasteiger partial charge is 0.0959 e. The summed E-state index contributed by atoms with van der Waals surface area (Å²) in [6.07, 6.45) is 2.91. The summed E-state index contributed by atoms with van der Waals surface area (Å²) in [4.78, 5) is 2.40. The molecule has 1 unspecified atom stereocenters. The van der Waals surface area contributed by atoms with Crippen molar-refractivity contribution < 1.29 is 0 Å². The van der Waals surface area contributed by atoms with Gasteiger partial charge in [-0.15, -0.1) is 0 Å². The van der Waals surface area contributed by atoms with Gasteiger partial charge in [-0.3, -0.25) is 0 Å². The Hall–Kier alpha value is -1.70. The number of aryl methyl sites for hydroxylation is 2. The molecule has 0 amide bonds. The molecule has 116 valence electrons. The molecule has 1 atom stereocenters. The number of rotatable bonds is 7. The van der Waals surface area contributed by atoms with Crippen molar-refractivity contribution in [1.29, 1.82) is 0 Å². The van der Waals surface area contributed by atoms with Gasteiger partial charge in [-0.2, -0.15) is 0 Å². The molecule has 1 aromatic rings. The van der Waals surface area contributed by atoms with E-state index in [-0.39, 0.29) is 6.17 Å². The first-order valence-corrected chi connectivity index (χ1v) is 7.78. The third kappa shape index (κ3) is 3.90. The second kappa shape index (κ2) is 7.35. The van der Waals surface area contributed by atoms with Gasteiger partial charge in [0.25, 0.3) is 0 Å². The van der Waals surface area contributed by atoms with Gasteiger partial charge < -0.3 is 10.2 Å².